The first-order valence-electron chi connectivity index (χ1n) is 5.00. The summed E-state index contributed by atoms with van der Waals surface area (Å²) in [6, 6.07) is 0. The third-order valence-electron chi connectivity index (χ3n) is 1.77. The van der Waals surface area contributed by atoms with Crippen molar-refractivity contribution in [2.45, 2.75) is 33.6 Å². The van der Waals surface area contributed by atoms with E-state index in [2.05, 4.69) is 13.8 Å². The molecule has 0 aliphatic carbocycles. The molecule has 0 rings (SSSR count). The van der Waals surface area contributed by atoms with Gasteiger partial charge in [-0.1, -0.05) is 13.8 Å². The Bertz CT molecular complexity index is 195. The third kappa shape index (κ3) is 9.26. The van der Waals surface area contributed by atoms with Crippen LogP contribution in [0.3, 0.4) is 0 Å². The quantitative estimate of drug-likeness (QED) is 0.507. The molecule has 3 heteroatoms. The molecule has 0 aliphatic heterocycles. The van der Waals surface area contributed by atoms with E-state index < -0.39 is 5.97 Å². The Morgan fingerprint density at radius 2 is 2.14 bits per heavy atom. The molecule has 0 heterocycles. The summed E-state index contributed by atoms with van der Waals surface area (Å²) in [4.78, 5) is 10.3. The average molecular weight is 200 g/mol. The maximum atomic E-state index is 10.3. The SMILES string of the molecule is CC(=CC(=O)O)COCCCC(C)C. The average Bonchev–Trinajstić information content (AvgIpc) is 2.01. The second kappa shape index (κ2) is 7.56. The van der Waals surface area contributed by atoms with Gasteiger partial charge in [0.25, 0.3) is 0 Å². The van der Waals surface area contributed by atoms with E-state index in [-0.39, 0.29) is 0 Å². The number of ether oxygens (including phenoxy) is 1. The molecule has 3 nitrogen and oxygen atoms in total. The first-order valence-corrected chi connectivity index (χ1v) is 5.00. The van der Waals surface area contributed by atoms with Gasteiger partial charge in [0.1, 0.15) is 0 Å². The van der Waals surface area contributed by atoms with Gasteiger partial charge in [0, 0.05) is 12.7 Å². The summed E-state index contributed by atoms with van der Waals surface area (Å²) in [5.74, 6) is -0.206. The van der Waals surface area contributed by atoms with Crippen LogP contribution in [0.4, 0.5) is 0 Å². The molecule has 14 heavy (non-hydrogen) atoms. The molecule has 0 saturated carbocycles. The summed E-state index contributed by atoms with van der Waals surface area (Å²) in [7, 11) is 0. The van der Waals surface area contributed by atoms with Gasteiger partial charge < -0.3 is 9.84 Å². The predicted molar refractivity (Wildman–Crippen MR) is 56.3 cm³/mol. The van der Waals surface area contributed by atoms with Crippen molar-refractivity contribution in [1.82, 2.24) is 0 Å². The fraction of sp³-hybridized carbons (Fsp3) is 0.727. The first kappa shape index (κ1) is 13.2. The molecular formula is C11H20O3. The van der Waals surface area contributed by atoms with E-state index >= 15 is 0 Å². The van der Waals surface area contributed by atoms with E-state index in [1.54, 1.807) is 6.92 Å². The van der Waals surface area contributed by atoms with Crippen molar-refractivity contribution in [2.75, 3.05) is 13.2 Å². The first-order chi connectivity index (χ1) is 6.52. The normalized spacial score (nSPS) is 12.1. The largest absolute Gasteiger partial charge is 0.478 e. The van der Waals surface area contributed by atoms with Crippen LogP contribution in [-0.2, 0) is 9.53 Å². The lowest BCUT2D eigenvalue weighted by molar-refractivity contribution is -0.131. The Kier molecular flexibility index (Phi) is 7.11. The summed E-state index contributed by atoms with van der Waals surface area (Å²) in [5, 5.41) is 8.43. The summed E-state index contributed by atoms with van der Waals surface area (Å²) in [6.07, 6.45) is 3.38. The van der Waals surface area contributed by atoms with E-state index in [4.69, 9.17) is 9.84 Å². The van der Waals surface area contributed by atoms with Crippen LogP contribution >= 0.6 is 0 Å². The molecule has 0 radical (unpaired) electrons. The highest BCUT2D eigenvalue weighted by Gasteiger charge is 1.96. The molecule has 0 aromatic carbocycles. The lowest BCUT2D eigenvalue weighted by Gasteiger charge is -2.05. The smallest absolute Gasteiger partial charge is 0.328 e. The van der Waals surface area contributed by atoms with E-state index in [0.29, 0.717) is 19.1 Å². The van der Waals surface area contributed by atoms with Crippen LogP contribution in [0, 0.1) is 5.92 Å². The number of carboxylic acids is 1. The fourth-order valence-electron chi connectivity index (χ4n) is 1.08. The minimum Gasteiger partial charge on any atom is -0.478 e. The molecule has 82 valence electrons. The minimum atomic E-state index is -0.909. The summed E-state index contributed by atoms with van der Waals surface area (Å²) in [5.41, 5.74) is 0.752. The van der Waals surface area contributed by atoms with E-state index in [9.17, 15) is 4.79 Å². The fourth-order valence-corrected chi connectivity index (χ4v) is 1.08. The molecule has 0 fully saturated rings. The monoisotopic (exact) mass is 200 g/mol. The van der Waals surface area contributed by atoms with Crippen LogP contribution in [0.2, 0.25) is 0 Å². The van der Waals surface area contributed by atoms with E-state index in [0.717, 1.165) is 18.4 Å². The molecule has 0 saturated heterocycles. The van der Waals surface area contributed by atoms with E-state index in [1.165, 1.54) is 6.08 Å². The molecule has 0 spiro atoms. The van der Waals surface area contributed by atoms with Crippen molar-refractivity contribution in [3.8, 4) is 0 Å². The summed E-state index contributed by atoms with van der Waals surface area (Å²) < 4.78 is 5.32. The van der Waals surface area contributed by atoms with Crippen molar-refractivity contribution in [3.63, 3.8) is 0 Å². The number of hydrogen-bond donors (Lipinski definition) is 1. The maximum Gasteiger partial charge on any atom is 0.328 e. The molecular weight excluding hydrogens is 180 g/mol. The Hall–Kier alpha value is -0.830. The van der Waals surface area contributed by atoms with Crippen LogP contribution in [0.1, 0.15) is 33.6 Å². The lowest BCUT2D eigenvalue weighted by Crippen LogP contribution is -2.01. The Morgan fingerprint density at radius 3 is 2.64 bits per heavy atom. The van der Waals surface area contributed by atoms with Crippen LogP contribution in [-0.4, -0.2) is 24.3 Å². The van der Waals surface area contributed by atoms with Crippen molar-refractivity contribution in [1.29, 1.82) is 0 Å². The third-order valence-corrected chi connectivity index (χ3v) is 1.77. The molecule has 0 aromatic heterocycles. The molecule has 1 N–H and O–H groups in total. The highest BCUT2D eigenvalue weighted by molar-refractivity contribution is 5.80. The number of rotatable bonds is 7. The molecule has 0 aromatic rings. The molecule has 0 bridgehead atoms. The molecule has 0 atom stereocenters. The lowest BCUT2D eigenvalue weighted by atomic mass is 10.1. The molecule has 0 amide bonds. The van der Waals surface area contributed by atoms with Gasteiger partial charge in [-0.2, -0.15) is 0 Å². The van der Waals surface area contributed by atoms with Crippen LogP contribution in [0.25, 0.3) is 0 Å². The van der Waals surface area contributed by atoms with Gasteiger partial charge in [0.05, 0.1) is 6.61 Å². The second-order valence-corrected chi connectivity index (χ2v) is 3.92. The standard InChI is InChI=1S/C11H20O3/c1-9(2)5-4-6-14-8-10(3)7-11(12)13/h7,9H,4-6,8H2,1-3H3,(H,12,13). The second-order valence-electron chi connectivity index (χ2n) is 3.92. The Labute approximate surface area is 85.8 Å². The van der Waals surface area contributed by atoms with Crippen molar-refractivity contribution < 1.29 is 14.6 Å². The summed E-state index contributed by atoms with van der Waals surface area (Å²) >= 11 is 0. The van der Waals surface area contributed by atoms with Crippen LogP contribution in [0.5, 0.6) is 0 Å². The number of carbonyl (C=O) groups is 1. The number of hydrogen-bond acceptors (Lipinski definition) is 2. The zero-order valence-corrected chi connectivity index (χ0v) is 9.25. The number of carboxylic acid groups (broad SMARTS) is 1. The highest BCUT2D eigenvalue weighted by atomic mass is 16.5. The van der Waals surface area contributed by atoms with Crippen LogP contribution < -0.4 is 0 Å². The number of aliphatic carboxylic acids is 1. The van der Waals surface area contributed by atoms with E-state index in [1.807, 2.05) is 0 Å². The van der Waals surface area contributed by atoms with Gasteiger partial charge in [-0.15, -0.1) is 0 Å². The predicted octanol–water partition coefficient (Wildman–Crippen LogP) is 2.47. The zero-order valence-electron chi connectivity index (χ0n) is 9.25. The molecule has 0 unspecified atom stereocenters. The topological polar surface area (TPSA) is 46.5 Å². The van der Waals surface area contributed by atoms with Gasteiger partial charge in [-0.05, 0) is 31.3 Å². The van der Waals surface area contributed by atoms with Crippen molar-refractivity contribution >= 4 is 5.97 Å². The maximum absolute atomic E-state index is 10.3. The zero-order chi connectivity index (χ0) is 11.0. The molecule has 0 aliphatic rings. The van der Waals surface area contributed by atoms with Gasteiger partial charge >= 0.3 is 5.97 Å². The van der Waals surface area contributed by atoms with Gasteiger partial charge in [-0.25, -0.2) is 4.79 Å². The van der Waals surface area contributed by atoms with Crippen molar-refractivity contribution in [3.05, 3.63) is 11.6 Å². The minimum absolute atomic E-state index is 0.421. The van der Waals surface area contributed by atoms with Crippen LogP contribution in [0.15, 0.2) is 11.6 Å². The Balaban J connectivity index is 3.41. The Morgan fingerprint density at radius 1 is 1.50 bits per heavy atom. The summed E-state index contributed by atoms with van der Waals surface area (Å²) in [6.45, 7) is 7.25. The van der Waals surface area contributed by atoms with Gasteiger partial charge in [-0.3, -0.25) is 0 Å². The van der Waals surface area contributed by atoms with Gasteiger partial charge in [0.2, 0.25) is 0 Å². The highest BCUT2D eigenvalue weighted by Crippen LogP contribution is 2.03. The van der Waals surface area contributed by atoms with Gasteiger partial charge in [0.15, 0.2) is 0 Å². The van der Waals surface area contributed by atoms with Crippen molar-refractivity contribution in [2.24, 2.45) is 5.92 Å².